The summed E-state index contributed by atoms with van der Waals surface area (Å²) in [7, 11) is 1.72. The second-order valence-electron chi connectivity index (χ2n) is 9.49. The van der Waals surface area contributed by atoms with Gasteiger partial charge in [0.15, 0.2) is 0 Å². The first-order valence-corrected chi connectivity index (χ1v) is 11.7. The molecule has 2 unspecified atom stereocenters. The van der Waals surface area contributed by atoms with Crippen LogP contribution in [0.3, 0.4) is 0 Å². The van der Waals surface area contributed by atoms with Gasteiger partial charge in [0.25, 0.3) is 0 Å². The van der Waals surface area contributed by atoms with Crippen LogP contribution in [-0.2, 0) is 15.8 Å². The zero-order valence-electron chi connectivity index (χ0n) is 18.6. The molecule has 0 amide bonds. The Kier molecular flexibility index (Phi) is 5.19. The highest BCUT2D eigenvalue weighted by Crippen LogP contribution is 2.63. The summed E-state index contributed by atoms with van der Waals surface area (Å²) in [6.45, 7) is 1.44. The van der Waals surface area contributed by atoms with Gasteiger partial charge in [-0.1, -0.05) is 43.9 Å². The summed E-state index contributed by atoms with van der Waals surface area (Å²) in [4.78, 5) is 11.4. The molecule has 2 aromatic rings. The lowest BCUT2D eigenvalue weighted by atomic mass is 9.51. The summed E-state index contributed by atoms with van der Waals surface area (Å²) in [5.41, 5.74) is 2.40. The summed E-state index contributed by atoms with van der Waals surface area (Å²) in [5.74, 6) is 2.58. The molecule has 3 aliphatic rings. The van der Waals surface area contributed by atoms with E-state index in [9.17, 15) is 4.79 Å². The molecular weight excluding hydrogens is 388 g/mol. The molecule has 164 valence electrons. The van der Waals surface area contributed by atoms with Crippen molar-refractivity contribution in [2.24, 2.45) is 5.92 Å². The summed E-state index contributed by atoms with van der Waals surface area (Å²) in [6, 6.07) is 14.5. The van der Waals surface area contributed by atoms with Crippen molar-refractivity contribution in [2.45, 2.75) is 75.7 Å². The predicted molar refractivity (Wildman–Crippen MR) is 120 cm³/mol. The van der Waals surface area contributed by atoms with Crippen LogP contribution >= 0.6 is 0 Å². The van der Waals surface area contributed by atoms with E-state index in [1.54, 1.807) is 7.11 Å². The number of rotatable bonds is 3. The van der Waals surface area contributed by atoms with Crippen LogP contribution in [0.1, 0.15) is 75.8 Å². The fourth-order valence-corrected chi connectivity index (χ4v) is 6.67. The molecule has 0 radical (unpaired) electrons. The van der Waals surface area contributed by atoms with Gasteiger partial charge in [-0.3, -0.25) is 4.79 Å². The number of carbonyl (C=O) groups is 1. The summed E-state index contributed by atoms with van der Waals surface area (Å²) in [6.07, 6.45) is 11.0. The number of hydrogen-bond acceptors (Lipinski definition) is 4. The van der Waals surface area contributed by atoms with Crippen molar-refractivity contribution in [3.8, 4) is 17.2 Å². The van der Waals surface area contributed by atoms with Crippen molar-refractivity contribution < 1.29 is 19.0 Å². The SMILES string of the molecule is COc1ccc2c(c1)OC1(c3ccc(OC(C)=O)cc3)CCCCC1C21CCCCC1. The number of methoxy groups -OCH3 is 1. The van der Waals surface area contributed by atoms with E-state index in [2.05, 4.69) is 30.3 Å². The third-order valence-corrected chi connectivity index (χ3v) is 7.89. The van der Waals surface area contributed by atoms with Gasteiger partial charge in [0, 0.05) is 29.9 Å². The summed E-state index contributed by atoms with van der Waals surface area (Å²) in [5, 5.41) is 0. The Bertz CT molecular complexity index is 958. The van der Waals surface area contributed by atoms with Gasteiger partial charge in [0.1, 0.15) is 22.8 Å². The highest BCUT2D eigenvalue weighted by molar-refractivity contribution is 5.69. The van der Waals surface area contributed by atoms with Gasteiger partial charge in [-0.2, -0.15) is 0 Å². The molecule has 2 saturated carbocycles. The van der Waals surface area contributed by atoms with Crippen molar-refractivity contribution in [3.05, 3.63) is 53.6 Å². The van der Waals surface area contributed by atoms with Crippen LogP contribution in [0, 0.1) is 5.92 Å². The Hall–Kier alpha value is -2.49. The molecule has 2 aliphatic carbocycles. The highest BCUT2D eigenvalue weighted by atomic mass is 16.5. The largest absolute Gasteiger partial charge is 0.497 e. The number of benzene rings is 2. The van der Waals surface area contributed by atoms with E-state index in [1.165, 1.54) is 63.0 Å². The molecule has 0 saturated heterocycles. The zero-order valence-corrected chi connectivity index (χ0v) is 18.6. The fourth-order valence-electron chi connectivity index (χ4n) is 6.67. The van der Waals surface area contributed by atoms with Crippen molar-refractivity contribution in [1.29, 1.82) is 0 Å². The molecule has 2 aromatic carbocycles. The lowest BCUT2D eigenvalue weighted by molar-refractivity contribution is -0.131. The van der Waals surface area contributed by atoms with E-state index in [1.807, 2.05) is 12.1 Å². The van der Waals surface area contributed by atoms with Gasteiger partial charge in [0.2, 0.25) is 0 Å². The first kappa shape index (κ1) is 20.4. The van der Waals surface area contributed by atoms with Crippen LogP contribution in [-0.4, -0.2) is 13.1 Å². The minimum absolute atomic E-state index is 0.160. The maximum absolute atomic E-state index is 11.4. The van der Waals surface area contributed by atoms with Gasteiger partial charge in [-0.15, -0.1) is 0 Å². The van der Waals surface area contributed by atoms with Gasteiger partial charge < -0.3 is 14.2 Å². The Labute approximate surface area is 184 Å². The third-order valence-electron chi connectivity index (χ3n) is 7.89. The quantitative estimate of drug-likeness (QED) is 0.432. The molecule has 4 heteroatoms. The zero-order chi connectivity index (χ0) is 21.5. The topological polar surface area (TPSA) is 44.8 Å². The second-order valence-corrected chi connectivity index (χ2v) is 9.49. The van der Waals surface area contributed by atoms with Crippen LogP contribution < -0.4 is 14.2 Å². The van der Waals surface area contributed by atoms with Crippen molar-refractivity contribution in [2.75, 3.05) is 7.11 Å². The predicted octanol–water partition coefficient (Wildman–Crippen LogP) is 6.30. The Morgan fingerprint density at radius 3 is 2.35 bits per heavy atom. The Morgan fingerprint density at radius 2 is 1.65 bits per heavy atom. The smallest absolute Gasteiger partial charge is 0.308 e. The monoisotopic (exact) mass is 420 g/mol. The van der Waals surface area contributed by atoms with E-state index < -0.39 is 0 Å². The first-order chi connectivity index (χ1) is 15.1. The molecule has 0 N–H and O–H groups in total. The lowest BCUT2D eigenvalue weighted by Gasteiger charge is -2.58. The maximum atomic E-state index is 11.4. The van der Waals surface area contributed by atoms with Gasteiger partial charge >= 0.3 is 5.97 Å². The molecule has 1 heterocycles. The number of ether oxygens (including phenoxy) is 3. The van der Waals surface area contributed by atoms with Crippen LogP contribution in [0.15, 0.2) is 42.5 Å². The van der Waals surface area contributed by atoms with E-state index >= 15 is 0 Å². The van der Waals surface area contributed by atoms with E-state index in [4.69, 9.17) is 14.2 Å². The lowest BCUT2D eigenvalue weighted by Crippen LogP contribution is -2.57. The standard InChI is InChI=1S/C27H32O4/c1-19(28)30-21-11-9-20(10-12-21)27-17-7-4-8-25(27)26(15-5-3-6-16-26)23-14-13-22(29-2)18-24(23)31-27/h9-14,18,25H,3-8,15-17H2,1-2H3. The minimum Gasteiger partial charge on any atom is -0.497 e. The molecule has 0 bridgehead atoms. The Balaban J connectivity index is 1.65. The van der Waals surface area contributed by atoms with Crippen LogP contribution in [0.4, 0.5) is 0 Å². The van der Waals surface area contributed by atoms with Crippen LogP contribution in [0.2, 0.25) is 0 Å². The van der Waals surface area contributed by atoms with Gasteiger partial charge in [-0.25, -0.2) is 0 Å². The second kappa shape index (κ2) is 7.89. The maximum Gasteiger partial charge on any atom is 0.308 e. The van der Waals surface area contributed by atoms with Crippen LogP contribution in [0.25, 0.3) is 0 Å². The number of fused-ring (bicyclic) bond motifs is 4. The van der Waals surface area contributed by atoms with E-state index in [0.717, 1.165) is 24.3 Å². The molecule has 31 heavy (non-hydrogen) atoms. The molecule has 4 nitrogen and oxygen atoms in total. The number of carbonyl (C=O) groups excluding carboxylic acids is 1. The Morgan fingerprint density at radius 1 is 0.935 bits per heavy atom. The fraction of sp³-hybridized carbons (Fsp3) is 0.519. The van der Waals surface area contributed by atoms with Crippen molar-refractivity contribution in [1.82, 2.24) is 0 Å². The normalized spacial score (nSPS) is 26.3. The van der Waals surface area contributed by atoms with Crippen molar-refractivity contribution in [3.63, 3.8) is 0 Å². The van der Waals surface area contributed by atoms with Crippen molar-refractivity contribution >= 4 is 5.97 Å². The van der Waals surface area contributed by atoms with E-state index in [-0.39, 0.29) is 17.0 Å². The molecule has 1 aliphatic heterocycles. The summed E-state index contributed by atoms with van der Waals surface area (Å²) < 4.78 is 17.9. The highest BCUT2D eigenvalue weighted by Gasteiger charge is 2.59. The van der Waals surface area contributed by atoms with Gasteiger partial charge in [-0.05, 0) is 55.9 Å². The average Bonchev–Trinajstić information content (AvgIpc) is 2.79. The average molecular weight is 421 g/mol. The first-order valence-electron chi connectivity index (χ1n) is 11.7. The summed E-state index contributed by atoms with van der Waals surface area (Å²) >= 11 is 0. The molecular formula is C27H32O4. The van der Waals surface area contributed by atoms with Crippen LogP contribution in [0.5, 0.6) is 17.2 Å². The minimum atomic E-state index is -0.344. The van der Waals surface area contributed by atoms with Gasteiger partial charge in [0.05, 0.1) is 7.11 Å². The molecule has 2 fully saturated rings. The molecule has 2 atom stereocenters. The number of esters is 1. The third kappa shape index (κ3) is 3.31. The number of hydrogen-bond donors (Lipinski definition) is 0. The molecule has 1 spiro atoms. The molecule has 0 aromatic heterocycles. The molecule has 5 rings (SSSR count). The van der Waals surface area contributed by atoms with E-state index in [0.29, 0.717) is 11.7 Å².